The summed E-state index contributed by atoms with van der Waals surface area (Å²) in [7, 11) is -4.14. The zero-order valence-electron chi connectivity index (χ0n) is 26.8. The standard InChI is InChI=1S/C37H43N3O4S/c1-6-22-38-37(42)35(24-31-13-8-7-9-14-31)39(25-32-15-11-10-12-29(32)4)36(41)26-40(33-19-18-28(3)30(5)23-33)45(43,44)34-20-16-27(2)17-21-34/h7-21,23,35H,6,22,24-26H2,1-5H3,(H,38,42)/t35-/m0/s1. The Balaban J connectivity index is 1.82. The minimum absolute atomic E-state index is 0.0890. The number of hydrogen-bond donors (Lipinski definition) is 1. The molecule has 4 aromatic carbocycles. The Kier molecular flexibility index (Phi) is 11.2. The fraction of sp³-hybridized carbons (Fsp3) is 0.297. The van der Waals surface area contributed by atoms with E-state index in [1.807, 2.05) is 95.3 Å². The van der Waals surface area contributed by atoms with Crippen molar-refractivity contribution in [3.8, 4) is 0 Å². The van der Waals surface area contributed by atoms with Gasteiger partial charge >= 0.3 is 0 Å². The van der Waals surface area contributed by atoms with Gasteiger partial charge in [0.25, 0.3) is 10.0 Å². The number of anilines is 1. The number of carbonyl (C=O) groups is 2. The highest BCUT2D eigenvalue weighted by atomic mass is 32.2. The summed E-state index contributed by atoms with van der Waals surface area (Å²) in [6.45, 7) is 9.83. The second kappa shape index (κ2) is 15.0. The summed E-state index contributed by atoms with van der Waals surface area (Å²) in [5, 5.41) is 2.98. The van der Waals surface area contributed by atoms with Crippen LogP contribution in [0, 0.1) is 27.7 Å². The quantitative estimate of drug-likeness (QED) is 0.190. The molecule has 0 fully saturated rings. The van der Waals surface area contributed by atoms with Crippen LogP contribution in [0.15, 0.2) is 102 Å². The molecule has 4 aromatic rings. The average Bonchev–Trinajstić information content (AvgIpc) is 3.03. The first kappa shape index (κ1) is 33.5. The van der Waals surface area contributed by atoms with E-state index in [9.17, 15) is 18.0 Å². The Hall–Kier alpha value is -4.43. The van der Waals surface area contributed by atoms with E-state index in [2.05, 4.69) is 5.32 Å². The summed E-state index contributed by atoms with van der Waals surface area (Å²) in [6.07, 6.45) is 1.02. The molecule has 7 nitrogen and oxygen atoms in total. The van der Waals surface area contributed by atoms with Crippen molar-refractivity contribution in [2.45, 2.75) is 64.9 Å². The molecule has 236 valence electrons. The van der Waals surface area contributed by atoms with Gasteiger partial charge in [-0.05, 0) is 86.2 Å². The average molecular weight is 626 g/mol. The Bertz CT molecular complexity index is 1720. The van der Waals surface area contributed by atoms with Crippen LogP contribution in [0.2, 0.25) is 0 Å². The number of benzene rings is 4. The Morgan fingerprint density at radius 2 is 1.44 bits per heavy atom. The molecule has 0 saturated carbocycles. The molecule has 0 heterocycles. The summed E-state index contributed by atoms with van der Waals surface area (Å²) in [5.74, 6) is -0.749. The Morgan fingerprint density at radius 1 is 0.778 bits per heavy atom. The lowest BCUT2D eigenvalue weighted by Crippen LogP contribution is -2.53. The molecule has 0 unspecified atom stereocenters. The van der Waals surface area contributed by atoms with Crippen LogP contribution in [0.25, 0.3) is 0 Å². The molecule has 8 heteroatoms. The SMILES string of the molecule is CCCNC(=O)[C@H](Cc1ccccc1)N(Cc1ccccc1C)C(=O)CN(c1ccc(C)c(C)c1)S(=O)(=O)c1ccc(C)cc1. The van der Waals surface area contributed by atoms with Crippen LogP contribution in [0.5, 0.6) is 0 Å². The van der Waals surface area contributed by atoms with Crippen molar-refractivity contribution in [2.24, 2.45) is 0 Å². The molecule has 0 aliphatic heterocycles. The van der Waals surface area contributed by atoms with E-state index in [-0.39, 0.29) is 23.8 Å². The summed E-state index contributed by atoms with van der Waals surface area (Å²) in [6, 6.07) is 28.4. The molecule has 0 aliphatic rings. The zero-order valence-corrected chi connectivity index (χ0v) is 27.6. The molecular formula is C37H43N3O4S. The van der Waals surface area contributed by atoms with Crippen LogP contribution in [-0.2, 0) is 32.6 Å². The van der Waals surface area contributed by atoms with Crippen molar-refractivity contribution < 1.29 is 18.0 Å². The van der Waals surface area contributed by atoms with E-state index in [0.29, 0.717) is 12.2 Å². The first-order chi connectivity index (χ1) is 21.5. The van der Waals surface area contributed by atoms with Crippen molar-refractivity contribution in [3.63, 3.8) is 0 Å². The van der Waals surface area contributed by atoms with E-state index in [4.69, 9.17) is 0 Å². The largest absolute Gasteiger partial charge is 0.354 e. The zero-order chi connectivity index (χ0) is 32.6. The van der Waals surface area contributed by atoms with Crippen molar-refractivity contribution in [3.05, 3.63) is 130 Å². The normalized spacial score (nSPS) is 11.9. The van der Waals surface area contributed by atoms with Crippen molar-refractivity contribution in [1.82, 2.24) is 10.2 Å². The number of nitrogens with zero attached hydrogens (tertiary/aromatic N) is 2. The summed E-state index contributed by atoms with van der Waals surface area (Å²) < 4.78 is 29.6. The molecule has 0 aliphatic carbocycles. The van der Waals surface area contributed by atoms with Crippen molar-refractivity contribution in [1.29, 1.82) is 0 Å². The molecule has 4 rings (SSSR count). The van der Waals surface area contributed by atoms with E-state index < -0.39 is 28.5 Å². The molecule has 0 radical (unpaired) electrons. The van der Waals surface area contributed by atoms with Gasteiger partial charge in [-0.3, -0.25) is 13.9 Å². The van der Waals surface area contributed by atoms with Gasteiger partial charge in [0, 0.05) is 19.5 Å². The van der Waals surface area contributed by atoms with Gasteiger partial charge in [-0.15, -0.1) is 0 Å². The van der Waals surface area contributed by atoms with Gasteiger partial charge in [0.2, 0.25) is 11.8 Å². The number of carbonyl (C=O) groups excluding carboxylic acids is 2. The van der Waals surface area contributed by atoms with E-state index in [1.54, 1.807) is 41.3 Å². The van der Waals surface area contributed by atoms with Crippen LogP contribution < -0.4 is 9.62 Å². The van der Waals surface area contributed by atoms with Crippen molar-refractivity contribution >= 4 is 27.5 Å². The molecule has 0 aromatic heterocycles. The van der Waals surface area contributed by atoms with Crippen LogP contribution >= 0.6 is 0 Å². The Morgan fingerprint density at radius 3 is 2.09 bits per heavy atom. The third-order valence-corrected chi connectivity index (χ3v) is 9.88. The first-order valence-electron chi connectivity index (χ1n) is 15.3. The van der Waals surface area contributed by atoms with E-state index in [0.717, 1.165) is 39.8 Å². The van der Waals surface area contributed by atoms with Gasteiger partial charge < -0.3 is 10.2 Å². The third-order valence-electron chi connectivity index (χ3n) is 8.09. The predicted octanol–water partition coefficient (Wildman–Crippen LogP) is 6.28. The number of amides is 2. The lowest BCUT2D eigenvalue weighted by molar-refractivity contribution is -0.140. The lowest BCUT2D eigenvalue weighted by Gasteiger charge is -2.34. The van der Waals surface area contributed by atoms with Gasteiger partial charge in [-0.25, -0.2) is 8.42 Å². The smallest absolute Gasteiger partial charge is 0.264 e. The molecule has 1 atom stereocenters. The predicted molar refractivity (Wildman–Crippen MR) is 181 cm³/mol. The molecule has 0 saturated heterocycles. The molecule has 45 heavy (non-hydrogen) atoms. The summed E-state index contributed by atoms with van der Waals surface area (Å²) >= 11 is 0. The van der Waals surface area contributed by atoms with Gasteiger partial charge in [0.05, 0.1) is 10.6 Å². The minimum atomic E-state index is -4.14. The monoisotopic (exact) mass is 625 g/mol. The maximum atomic E-state index is 14.6. The van der Waals surface area contributed by atoms with Gasteiger partial charge in [-0.2, -0.15) is 0 Å². The molecule has 0 spiro atoms. The second-order valence-corrected chi connectivity index (χ2v) is 13.4. The topological polar surface area (TPSA) is 86.8 Å². The highest BCUT2D eigenvalue weighted by Gasteiger charge is 2.34. The number of nitrogens with one attached hydrogen (secondary N) is 1. The maximum absolute atomic E-state index is 14.6. The highest BCUT2D eigenvalue weighted by molar-refractivity contribution is 7.92. The van der Waals surface area contributed by atoms with Gasteiger partial charge in [0.15, 0.2) is 0 Å². The van der Waals surface area contributed by atoms with Crippen LogP contribution in [0.3, 0.4) is 0 Å². The van der Waals surface area contributed by atoms with Crippen LogP contribution in [0.1, 0.15) is 46.7 Å². The molecular weight excluding hydrogens is 582 g/mol. The third kappa shape index (κ3) is 8.39. The fourth-order valence-electron chi connectivity index (χ4n) is 5.14. The fourth-order valence-corrected chi connectivity index (χ4v) is 6.54. The van der Waals surface area contributed by atoms with Crippen LogP contribution in [0.4, 0.5) is 5.69 Å². The lowest BCUT2D eigenvalue weighted by atomic mass is 10.0. The number of hydrogen-bond acceptors (Lipinski definition) is 4. The maximum Gasteiger partial charge on any atom is 0.264 e. The van der Waals surface area contributed by atoms with Crippen LogP contribution in [-0.4, -0.2) is 44.3 Å². The van der Waals surface area contributed by atoms with Gasteiger partial charge in [0.1, 0.15) is 12.6 Å². The van der Waals surface area contributed by atoms with E-state index in [1.165, 1.54) is 4.31 Å². The molecule has 1 N–H and O–H groups in total. The molecule has 0 bridgehead atoms. The van der Waals surface area contributed by atoms with Crippen molar-refractivity contribution in [2.75, 3.05) is 17.4 Å². The first-order valence-corrected chi connectivity index (χ1v) is 16.8. The molecule has 2 amide bonds. The number of sulfonamides is 1. The van der Waals surface area contributed by atoms with Gasteiger partial charge in [-0.1, -0.05) is 85.3 Å². The summed E-state index contributed by atoms with van der Waals surface area (Å²) in [5.41, 5.74) is 5.98. The number of rotatable bonds is 13. The highest BCUT2D eigenvalue weighted by Crippen LogP contribution is 2.27. The minimum Gasteiger partial charge on any atom is -0.354 e. The Labute approximate surface area is 268 Å². The van der Waals surface area contributed by atoms with E-state index >= 15 is 0 Å². The second-order valence-electron chi connectivity index (χ2n) is 11.5. The number of aryl methyl sites for hydroxylation is 4. The summed E-state index contributed by atoms with van der Waals surface area (Å²) in [4.78, 5) is 30.0.